The molecule has 21 heavy (non-hydrogen) atoms. The number of nitrogens with two attached hydrogens (primary N) is 1. The van der Waals surface area contributed by atoms with Crippen LogP contribution < -0.4 is 10.5 Å². The van der Waals surface area contributed by atoms with Gasteiger partial charge in [-0.15, -0.1) is 0 Å². The van der Waals surface area contributed by atoms with Gasteiger partial charge in [-0.25, -0.2) is 0 Å². The fourth-order valence-electron chi connectivity index (χ4n) is 2.55. The Bertz CT molecular complexity index is 432. The molecule has 116 valence electrons. The maximum Gasteiger partial charge on any atom is 0.119 e. The molecule has 1 saturated heterocycles. The number of piperazine rings is 1. The molecule has 1 unspecified atom stereocenters. The van der Waals surface area contributed by atoms with E-state index < -0.39 is 0 Å². The summed E-state index contributed by atoms with van der Waals surface area (Å²) >= 11 is 5.07. The van der Waals surface area contributed by atoms with E-state index in [-0.39, 0.29) is 6.04 Å². The molecule has 2 N–H and O–H groups in total. The van der Waals surface area contributed by atoms with Gasteiger partial charge in [0.2, 0.25) is 0 Å². The fraction of sp³-hybridized carbons (Fsp3) is 0.562. The standard InChI is InChI=1S/C16H25N3OS/c1-14(16(17)21)19-11-9-18(10-12-19)8-5-13-20-15-6-3-2-4-7-15/h2-4,6-7,14H,5,8-13H2,1H3,(H2,17,21). The lowest BCUT2D eigenvalue weighted by molar-refractivity contribution is 0.117. The van der Waals surface area contributed by atoms with Gasteiger partial charge in [0.05, 0.1) is 17.6 Å². The highest BCUT2D eigenvalue weighted by Crippen LogP contribution is 2.10. The molecule has 0 bridgehead atoms. The normalized spacial score (nSPS) is 18.3. The third kappa shape index (κ3) is 5.26. The summed E-state index contributed by atoms with van der Waals surface area (Å²) in [6.45, 7) is 8.19. The number of hydrogen-bond acceptors (Lipinski definition) is 4. The predicted molar refractivity (Wildman–Crippen MR) is 90.8 cm³/mol. The zero-order valence-electron chi connectivity index (χ0n) is 12.7. The summed E-state index contributed by atoms with van der Waals surface area (Å²) in [5.74, 6) is 0.951. The summed E-state index contributed by atoms with van der Waals surface area (Å²) in [5, 5.41) is 0. The minimum Gasteiger partial charge on any atom is -0.494 e. The molecule has 1 atom stereocenters. The van der Waals surface area contributed by atoms with Crippen LogP contribution in [0.25, 0.3) is 0 Å². The van der Waals surface area contributed by atoms with Gasteiger partial charge in [-0.05, 0) is 25.5 Å². The molecule has 0 amide bonds. The van der Waals surface area contributed by atoms with Crippen molar-refractivity contribution in [2.75, 3.05) is 39.3 Å². The molecule has 0 aromatic heterocycles. The Labute approximate surface area is 132 Å². The Morgan fingerprint density at radius 2 is 1.90 bits per heavy atom. The molecule has 2 rings (SSSR count). The van der Waals surface area contributed by atoms with Gasteiger partial charge in [-0.1, -0.05) is 30.4 Å². The topological polar surface area (TPSA) is 41.7 Å². The molecule has 0 spiro atoms. The van der Waals surface area contributed by atoms with Gasteiger partial charge in [0.15, 0.2) is 0 Å². The molecule has 1 fully saturated rings. The van der Waals surface area contributed by atoms with Crippen LogP contribution in [-0.2, 0) is 0 Å². The quantitative estimate of drug-likeness (QED) is 0.614. The SMILES string of the molecule is CC(C(N)=S)N1CCN(CCCOc2ccccc2)CC1. The second kappa shape index (κ2) is 8.32. The Morgan fingerprint density at radius 3 is 2.52 bits per heavy atom. The predicted octanol–water partition coefficient (Wildman–Crippen LogP) is 1.75. The lowest BCUT2D eigenvalue weighted by atomic mass is 10.2. The molecule has 5 heteroatoms. The molecule has 1 heterocycles. The van der Waals surface area contributed by atoms with Crippen molar-refractivity contribution in [1.82, 2.24) is 9.80 Å². The molecule has 0 radical (unpaired) electrons. The molecule has 0 aliphatic carbocycles. The monoisotopic (exact) mass is 307 g/mol. The number of ether oxygens (including phenoxy) is 1. The summed E-state index contributed by atoms with van der Waals surface area (Å²) in [6.07, 6.45) is 1.06. The summed E-state index contributed by atoms with van der Waals surface area (Å²) < 4.78 is 5.72. The molecule has 1 aliphatic heterocycles. The molecular formula is C16H25N3OS. The molecule has 0 saturated carbocycles. The highest BCUT2D eigenvalue weighted by atomic mass is 32.1. The summed E-state index contributed by atoms with van der Waals surface area (Å²) in [4.78, 5) is 5.44. The number of rotatable bonds is 7. The van der Waals surface area contributed by atoms with Crippen molar-refractivity contribution in [2.45, 2.75) is 19.4 Å². The summed E-state index contributed by atoms with van der Waals surface area (Å²) in [6, 6.07) is 10.2. The van der Waals surface area contributed by atoms with Crippen LogP contribution in [0.4, 0.5) is 0 Å². The third-order valence-electron chi connectivity index (χ3n) is 4.00. The van der Waals surface area contributed by atoms with E-state index >= 15 is 0 Å². The zero-order valence-corrected chi connectivity index (χ0v) is 13.5. The van der Waals surface area contributed by atoms with Crippen LogP contribution in [0.1, 0.15) is 13.3 Å². The first-order chi connectivity index (χ1) is 10.2. The number of benzene rings is 1. The largest absolute Gasteiger partial charge is 0.494 e. The fourth-order valence-corrected chi connectivity index (χ4v) is 2.70. The lowest BCUT2D eigenvalue weighted by Crippen LogP contribution is -2.52. The van der Waals surface area contributed by atoms with Crippen LogP contribution in [0.5, 0.6) is 5.75 Å². The van der Waals surface area contributed by atoms with Crippen LogP contribution in [-0.4, -0.2) is 60.2 Å². The average molecular weight is 307 g/mol. The average Bonchev–Trinajstić information content (AvgIpc) is 2.52. The van der Waals surface area contributed by atoms with Gasteiger partial charge >= 0.3 is 0 Å². The second-order valence-corrected chi connectivity index (χ2v) is 5.94. The maximum absolute atomic E-state index is 5.72. The van der Waals surface area contributed by atoms with Crippen molar-refractivity contribution < 1.29 is 4.74 Å². The summed E-state index contributed by atoms with van der Waals surface area (Å²) in [5.41, 5.74) is 5.71. The Balaban J connectivity index is 1.60. The van der Waals surface area contributed by atoms with Crippen LogP contribution in [0.3, 0.4) is 0 Å². The zero-order chi connectivity index (χ0) is 15.1. The number of hydrogen-bond donors (Lipinski definition) is 1. The second-order valence-electron chi connectivity index (χ2n) is 5.47. The van der Waals surface area contributed by atoms with E-state index in [4.69, 9.17) is 22.7 Å². The van der Waals surface area contributed by atoms with Crippen LogP contribution in [0, 0.1) is 0 Å². The van der Waals surface area contributed by atoms with E-state index in [0.29, 0.717) is 4.99 Å². The van der Waals surface area contributed by atoms with Gasteiger partial charge < -0.3 is 15.4 Å². The Morgan fingerprint density at radius 1 is 1.24 bits per heavy atom. The molecular weight excluding hydrogens is 282 g/mol. The van der Waals surface area contributed by atoms with Crippen molar-refractivity contribution in [3.05, 3.63) is 30.3 Å². The number of thiocarbonyl (C=S) groups is 1. The van der Waals surface area contributed by atoms with E-state index in [1.165, 1.54) is 0 Å². The van der Waals surface area contributed by atoms with E-state index in [0.717, 1.165) is 51.5 Å². The minimum absolute atomic E-state index is 0.212. The van der Waals surface area contributed by atoms with E-state index in [1.807, 2.05) is 30.3 Å². The number of nitrogens with zero attached hydrogens (tertiary/aromatic N) is 2. The smallest absolute Gasteiger partial charge is 0.119 e. The van der Waals surface area contributed by atoms with Crippen molar-refractivity contribution in [3.63, 3.8) is 0 Å². The van der Waals surface area contributed by atoms with Crippen molar-refractivity contribution >= 4 is 17.2 Å². The first kappa shape index (κ1) is 16.2. The van der Waals surface area contributed by atoms with Gasteiger partial charge in [-0.2, -0.15) is 0 Å². The molecule has 1 aromatic carbocycles. The van der Waals surface area contributed by atoms with E-state index in [9.17, 15) is 0 Å². The van der Waals surface area contributed by atoms with Crippen molar-refractivity contribution in [1.29, 1.82) is 0 Å². The molecule has 1 aromatic rings. The Kier molecular flexibility index (Phi) is 6.42. The van der Waals surface area contributed by atoms with Gasteiger partial charge in [0.1, 0.15) is 5.75 Å². The van der Waals surface area contributed by atoms with E-state index in [1.54, 1.807) is 0 Å². The first-order valence-corrected chi connectivity index (χ1v) is 8.01. The van der Waals surface area contributed by atoms with Crippen LogP contribution in [0.2, 0.25) is 0 Å². The van der Waals surface area contributed by atoms with Crippen LogP contribution >= 0.6 is 12.2 Å². The lowest BCUT2D eigenvalue weighted by Gasteiger charge is -2.37. The van der Waals surface area contributed by atoms with Gasteiger partial charge in [0.25, 0.3) is 0 Å². The van der Waals surface area contributed by atoms with Gasteiger partial charge in [-0.3, -0.25) is 4.90 Å². The van der Waals surface area contributed by atoms with E-state index in [2.05, 4.69) is 16.7 Å². The first-order valence-electron chi connectivity index (χ1n) is 7.60. The summed E-state index contributed by atoms with van der Waals surface area (Å²) in [7, 11) is 0. The molecule has 4 nitrogen and oxygen atoms in total. The van der Waals surface area contributed by atoms with Crippen LogP contribution in [0.15, 0.2) is 30.3 Å². The maximum atomic E-state index is 5.72. The van der Waals surface area contributed by atoms with Gasteiger partial charge in [0, 0.05) is 32.7 Å². The highest BCUT2D eigenvalue weighted by molar-refractivity contribution is 7.80. The molecule has 1 aliphatic rings. The van der Waals surface area contributed by atoms with Crippen molar-refractivity contribution in [2.24, 2.45) is 5.73 Å². The Hall–Kier alpha value is -1.17. The number of para-hydroxylation sites is 1. The highest BCUT2D eigenvalue weighted by Gasteiger charge is 2.21. The third-order valence-corrected chi connectivity index (χ3v) is 4.34. The minimum atomic E-state index is 0.212. The van der Waals surface area contributed by atoms with Crippen molar-refractivity contribution in [3.8, 4) is 5.75 Å².